The lowest BCUT2D eigenvalue weighted by Gasteiger charge is -2.28. The molecule has 0 aliphatic rings. The highest BCUT2D eigenvalue weighted by molar-refractivity contribution is 6.05. The van der Waals surface area contributed by atoms with Gasteiger partial charge in [0.05, 0.1) is 22.7 Å². The van der Waals surface area contributed by atoms with Gasteiger partial charge in [-0.15, -0.1) is 0 Å². The molecule has 0 fully saturated rings. The fourth-order valence-corrected chi connectivity index (χ4v) is 17.8. The van der Waals surface area contributed by atoms with Crippen LogP contribution >= 0.6 is 0 Å². The van der Waals surface area contributed by atoms with E-state index in [2.05, 4.69) is 529 Å². The molecule has 0 saturated carbocycles. The van der Waals surface area contributed by atoms with Crippen molar-refractivity contribution in [2.45, 2.75) is 0 Å². The minimum absolute atomic E-state index is 1.10. The molecule has 0 aliphatic heterocycles. The molecule has 0 amide bonds. The molecule has 0 N–H and O–H groups in total. The van der Waals surface area contributed by atoms with Crippen molar-refractivity contribution in [3.05, 3.63) is 510 Å². The Bertz CT molecular complexity index is 7540. The Hall–Kier alpha value is -16.4. The van der Waals surface area contributed by atoms with Gasteiger partial charge in [-0.2, -0.15) is 0 Å². The Balaban J connectivity index is 0.000000152. The molecule has 4 heteroatoms. The summed E-state index contributed by atoms with van der Waals surface area (Å²) in [6.07, 6.45) is 0. The molecule has 22 aromatic carbocycles. The maximum Gasteiger partial charge on any atom is 0.0540 e. The zero-order chi connectivity index (χ0) is 82.5. The summed E-state index contributed by atoms with van der Waals surface area (Å²) in [4.78, 5) is 9.53. The van der Waals surface area contributed by atoms with E-state index < -0.39 is 0 Å². The van der Waals surface area contributed by atoms with Gasteiger partial charge >= 0.3 is 0 Å². The van der Waals surface area contributed by atoms with Gasteiger partial charge < -0.3 is 19.6 Å². The van der Waals surface area contributed by atoms with Gasteiger partial charge in [-0.1, -0.05) is 382 Å². The molecule has 0 aliphatic carbocycles. The van der Waals surface area contributed by atoms with E-state index in [-0.39, 0.29) is 0 Å². The summed E-state index contributed by atoms with van der Waals surface area (Å²) in [5.41, 5.74) is 27.7. The SMILES string of the molecule is c1ccc(-c2ccc(-c3ccc(N(c4ccc(-c5ccc(N(c6ccc7ccccc7c6)c6cccc7ccccc67)cc5)cc4)c4cccc5ccccc45)cc3)cc2)cc1.c1ccc(-c2cccc(-c3ccc(N(c4ccc(-c5ccc(N(c6ccc7ccccc7c6)c6cccc7ccccc67)cc5)cc4)c4cccc5ccccc45)cc3)c2)cc1. The highest BCUT2D eigenvalue weighted by Gasteiger charge is 2.23. The molecule has 0 aromatic heterocycles. The number of hydrogen-bond acceptors (Lipinski definition) is 4. The molecule has 584 valence electrons. The number of fused-ring (bicyclic) bond motifs is 6. The van der Waals surface area contributed by atoms with Crippen molar-refractivity contribution in [3.8, 4) is 66.8 Å². The van der Waals surface area contributed by atoms with E-state index in [0.717, 1.165) is 90.5 Å². The Morgan fingerprint density at radius 3 is 0.556 bits per heavy atom. The Morgan fingerprint density at radius 2 is 0.274 bits per heavy atom. The van der Waals surface area contributed by atoms with E-state index in [0.29, 0.717) is 0 Å². The Kier molecular flexibility index (Phi) is 20.5. The zero-order valence-electron chi connectivity index (χ0n) is 68.3. The highest BCUT2D eigenvalue weighted by atomic mass is 15.2. The van der Waals surface area contributed by atoms with E-state index >= 15 is 0 Å². The fraction of sp³-hybridized carbons (Fsp3) is 0. The van der Waals surface area contributed by atoms with E-state index in [9.17, 15) is 0 Å². The first-order chi connectivity index (χ1) is 61.5. The van der Waals surface area contributed by atoms with Gasteiger partial charge in [0.15, 0.2) is 0 Å². The van der Waals surface area contributed by atoms with Crippen LogP contribution in [0.3, 0.4) is 0 Å². The van der Waals surface area contributed by atoms with Crippen LogP contribution in [-0.4, -0.2) is 0 Å². The monoisotopic (exact) mass is 1580 g/mol. The maximum atomic E-state index is 2.38. The summed E-state index contributed by atoms with van der Waals surface area (Å²) >= 11 is 0. The second-order valence-corrected chi connectivity index (χ2v) is 31.6. The molecular weight excluding hydrogens is 1500 g/mol. The molecular formula is C120H84N4. The minimum atomic E-state index is 1.10. The molecule has 0 bridgehead atoms. The molecule has 0 spiro atoms. The lowest BCUT2D eigenvalue weighted by Crippen LogP contribution is -2.10. The number of hydrogen-bond donors (Lipinski definition) is 0. The summed E-state index contributed by atoms with van der Waals surface area (Å²) < 4.78 is 0. The molecule has 124 heavy (non-hydrogen) atoms. The normalized spacial score (nSPS) is 11.2. The van der Waals surface area contributed by atoms with E-state index in [4.69, 9.17) is 0 Å². The molecule has 22 rings (SSSR count). The van der Waals surface area contributed by atoms with Crippen LogP contribution in [0.4, 0.5) is 68.2 Å². The van der Waals surface area contributed by atoms with Crippen LogP contribution in [0.1, 0.15) is 0 Å². The minimum Gasteiger partial charge on any atom is -0.310 e. The van der Waals surface area contributed by atoms with E-state index in [1.807, 2.05) is 0 Å². The predicted octanol–water partition coefficient (Wildman–Crippen LogP) is 34.2. The summed E-state index contributed by atoms with van der Waals surface area (Å²) in [5, 5.41) is 14.6. The second-order valence-electron chi connectivity index (χ2n) is 31.6. The molecule has 0 heterocycles. The van der Waals surface area contributed by atoms with Crippen molar-refractivity contribution >= 4 is 133 Å². The first-order valence-electron chi connectivity index (χ1n) is 42.5. The van der Waals surface area contributed by atoms with Crippen LogP contribution < -0.4 is 19.6 Å². The van der Waals surface area contributed by atoms with Crippen LogP contribution in [0.2, 0.25) is 0 Å². The second kappa shape index (κ2) is 33.8. The lowest BCUT2D eigenvalue weighted by atomic mass is 9.98. The van der Waals surface area contributed by atoms with Gasteiger partial charge in [0, 0.05) is 67.0 Å². The number of benzene rings is 22. The molecule has 0 radical (unpaired) electrons. The van der Waals surface area contributed by atoms with Crippen LogP contribution in [0.15, 0.2) is 510 Å². The molecule has 22 aromatic rings. The summed E-state index contributed by atoms with van der Waals surface area (Å²) in [6.45, 7) is 0. The predicted molar refractivity (Wildman–Crippen MR) is 529 cm³/mol. The van der Waals surface area contributed by atoms with E-state index in [1.165, 1.54) is 109 Å². The number of anilines is 12. The van der Waals surface area contributed by atoms with Crippen molar-refractivity contribution < 1.29 is 0 Å². The third-order valence-corrected chi connectivity index (χ3v) is 24.1. The van der Waals surface area contributed by atoms with Crippen LogP contribution in [0.25, 0.3) is 131 Å². The van der Waals surface area contributed by atoms with Gasteiger partial charge in [-0.3, -0.25) is 0 Å². The van der Waals surface area contributed by atoms with Crippen LogP contribution in [0.5, 0.6) is 0 Å². The molecule has 0 atom stereocenters. The van der Waals surface area contributed by atoms with Gasteiger partial charge in [0.25, 0.3) is 0 Å². The van der Waals surface area contributed by atoms with Crippen molar-refractivity contribution in [3.63, 3.8) is 0 Å². The average Bonchev–Trinajstić information content (AvgIpc) is 0.532. The quantitative estimate of drug-likeness (QED) is 0.0849. The van der Waals surface area contributed by atoms with Crippen LogP contribution in [0, 0.1) is 0 Å². The zero-order valence-corrected chi connectivity index (χ0v) is 68.3. The number of nitrogens with zero attached hydrogens (tertiary/aromatic N) is 4. The van der Waals surface area contributed by atoms with E-state index in [1.54, 1.807) is 0 Å². The highest BCUT2D eigenvalue weighted by Crippen LogP contribution is 2.47. The average molecular weight is 1580 g/mol. The third-order valence-electron chi connectivity index (χ3n) is 24.1. The lowest BCUT2D eigenvalue weighted by molar-refractivity contribution is 1.29. The van der Waals surface area contributed by atoms with Crippen LogP contribution in [-0.2, 0) is 0 Å². The standard InChI is InChI=1S/2C60H42N2/c1-2-13-43(14-3-1)50-21-10-22-51(41-50)47-31-38-54(39-32-47)61(59-25-11-19-48-16-6-8-23-57(48)59)53-34-27-45(28-35-53)46-29-36-55(37-30-46)62(56-40-33-44-15-4-5-18-52(44)42-56)60-26-12-20-49-17-7-9-24-58(49)60;1-2-12-43(13-3-1)45-24-26-46(27-25-45)47-28-35-53(36-29-47)61(59-22-10-18-50-15-6-8-20-57(50)59)54-37-30-48(31-38-54)49-32-39-55(40-33-49)62(56-41-34-44-14-4-5-17-52(44)42-56)60-23-11-19-51-16-7-9-21-58(51)60/h2*1-42H. The van der Waals surface area contributed by atoms with Crippen molar-refractivity contribution in [2.75, 3.05) is 19.6 Å². The smallest absolute Gasteiger partial charge is 0.0540 e. The summed E-state index contributed by atoms with van der Waals surface area (Å²) in [7, 11) is 0. The molecule has 4 nitrogen and oxygen atoms in total. The topological polar surface area (TPSA) is 13.0 Å². The Morgan fingerprint density at radius 1 is 0.0968 bits per heavy atom. The molecule has 0 unspecified atom stereocenters. The van der Waals surface area contributed by atoms with Gasteiger partial charge in [-0.25, -0.2) is 0 Å². The van der Waals surface area contributed by atoms with Gasteiger partial charge in [0.2, 0.25) is 0 Å². The molecule has 0 saturated heterocycles. The van der Waals surface area contributed by atoms with Crippen molar-refractivity contribution in [2.24, 2.45) is 0 Å². The fourth-order valence-electron chi connectivity index (χ4n) is 17.8. The maximum absolute atomic E-state index is 2.38. The van der Waals surface area contributed by atoms with Crippen molar-refractivity contribution in [1.82, 2.24) is 0 Å². The van der Waals surface area contributed by atoms with Crippen molar-refractivity contribution in [1.29, 1.82) is 0 Å². The number of rotatable bonds is 18. The first kappa shape index (κ1) is 75.1. The Labute approximate surface area is 723 Å². The largest absolute Gasteiger partial charge is 0.310 e. The van der Waals surface area contributed by atoms with Gasteiger partial charge in [0.1, 0.15) is 0 Å². The van der Waals surface area contributed by atoms with Gasteiger partial charge in [-0.05, 0) is 237 Å². The third kappa shape index (κ3) is 15.2. The first-order valence-corrected chi connectivity index (χ1v) is 42.5. The summed E-state index contributed by atoms with van der Waals surface area (Å²) in [5.74, 6) is 0. The summed E-state index contributed by atoms with van der Waals surface area (Å²) in [6, 6.07) is 184.